The predicted molar refractivity (Wildman–Crippen MR) is 118 cm³/mol. The Bertz CT molecular complexity index is 1170. The predicted octanol–water partition coefficient (Wildman–Crippen LogP) is 2.84. The highest BCUT2D eigenvalue weighted by molar-refractivity contribution is 6.25. The molecule has 2 aromatic rings. The number of hydrogen-bond donors (Lipinski definition) is 1. The molecule has 170 valence electrons. The van der Waals surface area contributed by atoms with Gasteiger partial charge in [0.2, 0.25) is 5.91 Å². The summed E-state index contributed by atoms with van der Waals surface area (Å²) in [5.74, 6) is -2.57. The summed E-state index contributed by atoms with van der Waals surface area (Å²) >= 11 is 0. The van der Waals surface area contributed by atoms with Crippen molar-refractivity contribution in [2.45, 2.75) is 32.2 Å². The summed E-state index contributed by atoms with van der Waals surface area (Å²) in [5, 5.41) is 14.0. The minimum Gasteiger partial charge on any atom is -0.339 e. The molecule has 1 N–H and O–H groups in total. The molecule has 4 rings (SSSR count). The standard InChI is InChI=1S/C23H22N4O6/c1-14(26-22(30)16-9-7-11-18(27(32)33)19(16)23(26)31)20(28)24-17-10-4-3-8-15(17)21(29)25-12-5-2-6-13-25/h3-4,7-11,14H,2,5-6,12-13H2,1H3,(H,24,28). The van der Waals surface area contributed by atoms with E-state index in [-0.39, 0.29) is 22.7 Å². The highest BCUT2D eigenvalue weighted by Crippen LogP contribution is 2.32. The molecule has 10 heteroatoms. The molecule has 0 radical (unpaired) electrons. The molecule has 2 aliphatic heterocycles. The van der Waals surface area contributed by atoms with Gasteiger partial charge >= 0.3 is 0 Å². The van der Waals surface area contributed by atoms with Gasteiger partial charge in [-0.25, -0.2) is 0 Å². The minimum absolute atomic E-state index is 0.116. The van der Waals surface area contributed by atoms with E-state index in [0.29, 0.717) is 23.6 Å². The maximum Gasteiger partial charge on any atom is 0.282 e. The van der Waals surface area contributed by atoms with Crippen LogP contribution in [-0.4, -0.2) is 57.5 Å². The second kappa shape index (κ2) is 8.81. The average molecular weight is 450 g/mol. The van der Waals surface area contributed by atoms with Crippen molar-refractivity contribution >= 4 is 35.0 Å². The number of nitrogens with one attached hydrogen (secondary N) is 1. The monoisotopic (exact) mass is 450 g/mol. The number of anilines is 1. The zero-order valence-electron chi connectivity index (χ0n) is 17.9. The third-order valence-electron chi connectivity index (χ3n) is 5.95. The first kappa shape index (κ1) is 22.1. The van der Waals surface area contributed by atoms with Crippen LogP contribution in [0.15, 0.2) is 42.5 Å². The molecule has 1 unspecified atom stereocenters. The Kier molecular flexibility index (Phi) is 5.91. The number of para-hydroxylation sites is 1. The molecule has 0 aromatic heterocycles. The number of carbonyl (C=O) groups is 4. The molecular weight excluding hydrogens is 428 g/mol. The zero-order valence-corrected chi connectivity index (χ0v) is 17.9. The molecule has 4 amide bonds. The fourth-order valence-electron chi connectivity index (χ4n) is 4.19. The molecule has 0 saturated carbocycles. The maximum atomic E-state index is 13.0. The lowest BCUT2D eigenvalue weighted by molar-refractivity contribution is -0.385. The van der Waals surface area contributed by atoms with Gasteiger partial charge in [0.05, 0.1) is 21.7 Å². The lowest BCUT2D eigenvalue weighted by atomic mass is 10.1. The van der Waals surface area contributed by atoms with Crippen LogP contribution in [0.2, 0.25) is 0 Å². The summed E-state index contributed by atoms with van der Waals surface area (Å²) < 4.78 is 0. The van der Waals surface area contributed by atoms with Crippen molar-refractivity contribution in [2.75, 3.05) is 18.4 Å². The second-order valence-electron chi connectivity index (χ2n) is 8.00. The van der Waals surface area contributed by atoms with E-state index in [1.165, 1.54) is 19.1 Å². The normalized spacial score (nSPS) is 16.4. The number of carbonyl (C=O) groups excluding carboxylic acids is 4. The van der Waals surface area contributed by atoms with Crippen molar-refractivity contribution in [1.82, 2.24) is 9.80 Å². The van der Waals surface area contributed by atoms with E-state index in [2.05, 4.69) is 5.32 Å². The molecular formula is C23H22N4O6. The van der Waals surface area contributed by atoms with Crippen molar-refractivity contribution < 1.29 is 24.1 Å². The first-order valence-corrected chi connectivity index (χ1v) is 10.7. The van der Waals surface area contributed by atoms with E-state index in [1.807, 2.05) is 0 Å². The third kappa shape index (κ3) is 3.95. The molecule has 1 saturated heterocycles. The summed E-state index contributed by atoms with van der Waals surface area (Å²) in [6.07, 6.45) is 2.91. The lowest BCUT2D eigenvalue weighted by Crippen LogP contribution is -2.45. The SMILES string of the molecule is CC(C(=O)Nc1ccccc1C(=O)N1CCCCC1)N1C(=O)c2cccc([N+](=O)[O-])c2C1=O. The molecule has 1 fully saturated rings. The van der Waals surface area contributed by atoms with Gasteiger partial charge in [-0.15, -0.1) is 0 Å². The van der Waals surface area contributed by atoms with Gasteiger partial charge < -0.3 is 10.2 Å². The molecule has 33 heavy (non-hydrogen) atoms. The number of fused-ring (bicyclic) bond motifs is 1. The van der Waals surface area contributed by atoms with Gasteiger partial charge in [0.15, 0.2) is 0 Å². The van der Waals surface area contributed by atoms with E-state index in [0.717, 1.165) is 25.3 Å². The van der Waals surface area contributed by atoms with Crippen LogP contribution in [0.5, 0.6) is 0 Å². The van der Waals surface area contributed by atoms with Crippen LogP contribution in [-0.2, 0) is 4.79 Å². The quantitative estimate of drug-likeness (QED) is 0.424. The number of rotatable bonds is 5. The highest BCUT2D eigenvalue weighted by Gasteiger charge is 2.45. The van der Waals surface area contributed by atoms with Crippen molar-refractivity contribution in [1.29, 1.82) is 0 Å². The number of benzene rings is 2. The number of hydrogen-bond acceptors (Lipinski definition) is 6. The molecule has 0 aliphatic carbocycles. The van der Waals surface area contributed by atoms with E-state index in [4.69, 9.17) is 0 Å². The van der Waals surface area contributed by atoms with Crippen LogP contribution in [0, 0.1) is 10.1 Å². The fraction of sp³-hybridized carbons (Fsp3) is 0.304. The fourth-order valence-corrected chi connectivity index (χ4v) is 4.19. The molecule has 2 heterocycles. The van der Waals surface area contributed by atoms with Crippen LogP contribution < -0.4 is 5.32 Å². The molecule has 0 spiro atoms. The number of nitrogens with zero attached hydrogens (tertiary/aromatic N) is 3. The Hall–Kier alpha value is -4.08. The van der Waals surface area contributed by atoms with E-state index in [9.17, 15) is 29.3 Å². The number of piperidine rings is 1. The van der Waals surface area contributed by atoms with E-state index >= 15 is 0 Å². The summed E-state index contributed by atoms with van der Waals surface area (Å²) in [5.41, 5.74) is -0.341. The smallest absolute Gasteiger partial charge is 0.282 e. The Labute approximate surface area is 189 Å². The van der Waals surface area contributed by atoms with Gasteiger partial charge in [0.1, 0.15) is 11.6 Å². The first-order chi connectivity index (χ1) is 15.8. The van der Waals surface area contributed by atoms with Crippen molar-refractivity contribution in [3.8, 4) is 0 Å². The number of imide groups is 1. The second-order valence-corrected chi connectivity index (χ2v) is 8.00. The number of nitro groups is 1. The number of amides is 4. The summed E-state index contributed by atoms with van der Waals surface area (Å²) in [6, 6.07) is 9.07. The van der Waals surface area contributed by atoms with Crippen molar-refractivity contribution in [2.24, 2.45) is 0 Å². The van der Waals surface area contributed by atoms with Crippen LogP contribution in [0.3, 0.4) is 0 Å². The Morgan fingerprint density at radius 2 is 1.70 bits per heavy atom. The van der Waals surface area contributed by atoms with Gasteiger partial charge in [-0.2, -0.15) is 0 Å². The third-order valence-corrected chi connectivity index (χ3v) is 5.95. The van der Waals surface area contributed by atoms with Gasteiger partial charge in [0.25, 0.3) is 23.4 Å². The van der Waals surface area contributed by atoms with Crippen molar-refractivity contribution in [3.05, 3.63) is 69.3 Å². The summed E-state index contributed by atoms with van der Waals surface area (Å²) in [6.45, 7) is 2.65. The first-order valence-electron chi connectivity index (χ1n) is 10.7. The zero-order chi connectivity index (χ0) is 23.7. The molecule has 0 bridgehead atoms. The van der Waals surface area contributed by atoms with Gasteiger partial charge in [-0.1, -0.05) is 18.2 Å². The van der Waals surface area contributed by atoms with Crippen LogP contribution in [0.25, 0.3) is 0 Å². The lowest BCUT2D eigenvalue weighted by Gasteiger charge is -2.28. The van der Waals surface area contributed by atoms with E-state index in [1.54, 1.807) is 29.2 Å². The van der Waals surface area contributed by atoms with Gasteiger partial charge in [-0.3, -0.25) is 34.2 Å². The Morgan fingerprint density at radius 3 is 2.39 bits per heavy atom. The van der Waals surface area contributed by atoms with Crippen LogP contribution in [0.4, 0.5) is 11.4 Å². The number of likely N-dealkylation sites (tertiary alicyclic amines) is 1. The largest absolute Gasteiger partial charge is 0.339 e. The van der Waals surface area contributed by atoms with Crippen LogP contribution >= 0.6 is 0 Å². The van der Waals surface area contributed by atoms with Crippen LogP contribution in [0.1, 0.15) is 57.3 Å². The summed E-state index contributed by atoms with van der Waals surface area (Å²) in [7, 11) is 0. The van der Waals surface area contributed by atoms with Gasteiger partial charge in [-0.05, 0) is 44.4 Å². The summed E-state index contributed by atoms with van der Waals surface area (Å²) in [4.78, 5) is 64.7. The molecule has 1 atom stereocenters. The Morgan fingerprint density at radius 1 is 1.00 bits per heavy atom. The molecule has 2 aromatic carbocycles. The number of nitro benzene ring substituents is 1. The molecule has 2 aliphatic rings. The molecule has 10 nitrogen and oxygen atoms in total. The van der Waals surface area contributed by atoms with E-state index < -0.39 is 34.4 Å². The maximum absolute atomic E-state index is 13.0. The topological polar surface area (TPSA) is 130 Å². The minimum atomic E-state index is -1.25. The Balaban J connectivity index is 1.56. The highest BCUT2D eigenvalue weighted by atomic mass is 16.6. The van der Waals surface area contributed by atoms with Gasteiger partial charge in [0, 0.05) is 19.2 Å². The van der Waals surface area contributed by atoms with Crippen molar-refractivity contribution in [3.63, 3.8) is 0 Å². The average Bonchev–Trinajstić information content (AvgIpc) is 3.09.